The summed E-state index contributed by atoms with van der Waals surface area (Å²) in [7, 11) is 0. The molecular weight excluding hydrogens is 480 g/mol. The van der Waals surface area contributed by atoms with Gasteiger partial charge in [0.2, 0.25) is 0 Å². The van der Waals surface area contributed by atoms with Crippen molar-refractivity contribution in [3.05, 3.63) is 83.9 Å². The first-order valence-electron chi connectivity index (χ1n) is 11.6. The van der Waals surface area contributed by atoms with Crippen molar-refractivity contribution in [1.82, 2.24) is 19.9 Å². The zero-order valence-electron chi connectivity index (χ0n) is 19.4. The van der Waals surface area contributed by atoms with Gasteiger partial charge in [0.25, 0.3) is 0 Å². The molecule has 0 fully saturated rings. The Morgan fingerprint density at radius 2 is 1.35 bits per heavy atom. The maximum Gasteiger partial charge on any atom is 0.138 e. The second-order valence-electron chi connectivity index (χ2n) is 8.89. The molecule has 0 unspecified atom stereocenters. The van der Waals surface area contributed by atoms with E-state index in [4.69, 9.17) is 26.5 Å². The van der Waals surface area contributed by atoms with E-state index in [1.54, 1.807) is 11.8 Å². The number of hydrogen-bond donors (Lipinski definition) is 6. The number of amidine groups is 1. The molecule has 6 aromatic rings. The van der Waals surface area contributed by atoms with Crippen LogP contribution >= 0.6 is 11.8 Å². The number of anilines is 2. The molecule has 8 nitrogen and oxygen atoms in total. The molecule has 0 radical (unpaired) electrons. The molecule has 37 heavy (non-hydrogen) atoms. The molecule has 0 atom stereocenters. The lowest BCUT2D eigenvalue weighted by molar-refractivity contribution is 1.27. The molecule has 0 spiro atoms. The van der Waals surface area contributed by atoms with Crippen molar-refractivity contribution in [3.63, 3.8) is 0 Å². The Morgan fingerprint density at radius 3 is 1.95 bits per heavy atom. The number of nitrogens with zero attached hydrogens (tertiary/aromatic N) is 2. The molecule has 0 amide bonds. The van der Waals surface area contributed by atoms with Gasteiger partial charge in [-0.05, 0) is 72.3 Å². The highest BCUT2D eigenvalue weighted by Crippen LogP contribution is 2.46. The molecule has 4 aromatic carbocycles. The number of nitrogens with two attached hydrogens (primary N) is 1. The van der Waals surface area contributed by atoms with Gasteiger partial charge in [-0.1, -0.05) is 17.8 Å². The van der Waals surface area contributed by atoms with E-state index in [9.17, 15) is 0 Å². The average Bonchev–Trinajstić information content (AvgIpc) is 3.54. The summed E-state index contributed by atoms with van der Waals surface area (Å²) in [6.07, 6.45) is 1.33. The lowest BCUT2D eigenvalue weighted by Crippen LogP contribution is -2.10. The van der Waals surface area contributed by atoms with Crippen LogP contribution in [0.25, 0.3) is 44.8 Å². The van der Waals surface area contributed by atoms with Crippen molar-refractivity contribution < 1.29 is 0 Å². The Morgan fingerprint density at radius 1 is 0.757 bits per heavy atom. The Bertz CT molecular complexity index is 1900. The largest absolute Gasteiger partial charge is 0.384 e. The number of fused-ring (bicyclic) bond motifs is 4. The van der Waals surface area contributed by atoms with Gasteiger partial charge in [0.15, 0.2) is 0 Å². The average molecular weight is 501 g/mol. The van der Waals surface area contributed by atoms with Gasteiger partial charge in [0.1, 0.15) is 17.5 Å². The van der Waals surface area contributed by atoms with E-state index < -0.39 is 0 Å². The van der Waals surface area contributed by atoms with Gasteiger partial charge in [0.05, 0.1) is 33.4 Å². The number of rotatable bonds is 4. The van der Waals surface area contributed by atoms with Crippen LogP contribution in [0.5, 0.6) is 0 Å². The quantitative estimate of drug-likeness (QED) is 0.125. The summed E-state index contributed by atoms with van der Waals surface area (Å²) in [5.41, 5.74) is 14.7. The Hall–Kier alpha value is -4.89. The lowest BCUT2D eigenvalue weighted by atomic mass is 10.1. The molecule has 0 aliphatic carbocycles. The third kappa shape index (κ3) is 3.64. The van der Waals surface area contributed by atoms with Gasteiger partial charge < -0.3 is 26.4 Å². The zero-order valence-corrected chi connectivity index (χ0v) is 20.2. The highest BCUT2D eigenvalue weighted by Gasteiger charge is 2.19. The number of aromatic nitrogens is 4. The number of aromatic amines is 2. The molecule has 7 rings (SSSR count). The summed E-state index contributed by atoms with van der Waals surface area (Å²) in [6, 6.07) is 23.9. The molecule has 2 aromatic heterocycles. The molecule has 0 bridgehead atoms. The van der Waals surface area contributed by atoms with Crippen LogP contribution in [-0.4, -0.2) is 32.0 Å². The van der Waals surface area contributed by atoms with Crippen molar-refractivity contribution in [1.29, 1.82) is 10.8 Å². The van der Waals surface area contributed by atoms with Crippen molar-refractivity contribution in [2.75, 3.05) is 5.32 Å². The minimum Gasteiger partial charge on any atom is -0.384 e. The summed E-state index contributed by atoms with van der Waals surface area (Å²) in [5, 5.41) is 18.7. The number of nitrogens with one attached hydrogen (secondary N) is 5. The normalized spacial score (nSPS) is 12.2. The van der Waals surface area contributed by atoms with Gasteiger partial charge in [-0.3, -0.25) is 5.41 Å². The smallest absolute Gasteiger partial charge is 0.138 e. The Labute approximate surface area is 215 Å². The molecule has 0 saturated carbocycles. The van der Waals surface area contributed by atoms with Crippen LogP contribution in [0.4, 0.5) is 11.4 Å². The van der Waals surface area contributed by atoms with Crippen molar-refractivity contribution >= 4 is 57.3 Å². The minimum absolute atomic E-state index is 0.0273. The van der Waals surface area contributed by atoms with Crippen LogP contribution in [0.3, 0.4) is 0 Å². The van der Waals surface area contributed by atoms with E-state index in [-0.39, 0.29) is 5.84 Å². The summed E-state index contributed by atoms with van der Waals surface area (Å²) >= 11 is 1.71. The van der Waals surface area contributed by atoms with E-state index in [0.717, 1.165) is 71.6 Å². The van der Waals surface area contributed by atoms with E-state index >= 15 is 0 Å². The van der Waals surface area contributed by atoms with Gasteiger partial charge in [0, 0.05) is 32.7 Å². The molecule has 3 heterocycles. The van der Waals surface area contributed by atoms with Gasteiger partial charge in [-0.25, -0.2) is 9.97 Å². The number of nitrogen functional groups attached to an aromatic ring is 1. The monoisotopic (exact) mass is 500 g/mol. The summed E-state index contributed by atoms with van der Waals surface area (Å²) < 4.78 is 0. The Balaban J connectivity index is 1.22. The predicted octanol–water partition coefficient (Wildman–Crippen LogP) is 6.26. The van der Waals surface area contributed by atoms with Crippen LogP contribution in [-0.2, 0) is 0 Å². The number of imidazole rings is 2. The molecule has 1 aliphatic rings. The second-order valence-corrected chi connectivity index (χ2v) is 9.97. The molecular formula is C28H20N8S. The fraction of sp³-hybridized carbons (Fsp3) is 0. The topological polar surface area (TPSA) is 143 Å². The van der Waals surface area contributed by atoms with E-state index in [1.165, 1.54) is 6.21 Å². The molecule has 1 aliphatic heterocycles. The van der Waals surface area contributed by atoms with Crippen LogP contribution in [0, 0.1) is 10.8 Å². The first-order valence-corrected chi connectivity index (χ1v) is 12.4. The van der Waals surface area contributed by atoms with Crippen molar-refractivity contribution in [3.8, 4) is 22.8 Å². The van der Waals surface area contributed by atoms with E-state index in [2.05, 4.69) is 45.6 Å². The van der Waals surface area contributed by atoms with Crippen molar-refractivity contribution in [2.24, 2.45) is 5.73 Å². The Kier molecular flexibility index (Phi) is 4.67. The zero-order chi connectivity index (χ0) is 25.1. The fourth-order valence-electron chi connectivity index (χ4n) is 4.54. The van der Waals surface area contributed by atoms with Crippen molar-refractivity contribution in [2.45, 2.75) is 9.79 Å². The van der Waals surface area contributed by atoms with E-state index in [0.29, 0.717) is 5.56 Å². The third-order valence-corrected chi connectivity index (χ3v) is 7.58. The van der Waals surface area contributed by atoms with Crippen LogP contribution in [0.1, 0.15) is 11.1 Å². The van der Waals surface area contributed by atoms with Crippen LogP contribution in [0.2, 0.25) is 0 Å². The van der Waals surface area contributed by atoms with Crippen LogP contribution < -0.4 is 11.1 Å². The fourth-order valence-corrected chi connectivity index (χ4v) is 5.60. The maximum atomic E-state index is 7.68. The number of H-pyrrole nitrogens is 2. The van der Waals surface area contributed by atoms with Gasteiger partial charge >= 0.3 is 0 Å². The first kappa shape index (κ1) is 21.4. The summed E-state index contributed by atoms with van der Waals surface area (Å²) in [5.74, 6) is 1.59. The van der Waals surface area contributed by atoms with Gasteiger partial charge in [-0.15, -0.1) is 0 Å². The maximum absolute atomic E-state index is 7.68. The number of benzene rings is 4. The molecule has 7 N–H and O–H groups in total. The predicted molar refractivity (Wildman–Crippen MR) is 149 cm³/mol. The third-order valence-electron chi connectivity index (χ3n) is 6.47. The number of hydrogen-bond acceptors (Lipinski definition) is 6. The highest BCUT2D eigenvalue weighted by molar-refractivity contribution is 7.99. The standard InChI is InChI=1S/C28H20N8S/c29-13-14-1-5-18-22(9-14)35-27(33-18)16-3-7-20-24(11-16)37-25-12-17(4-8-21(25)32-20)28-34-19-6-2-15(26(30)31)10-23(19)36-28/h1-13,29,32H,(H3,30,31)(H,33,35)(H,34,36). The SMILES string of the molecule is N=Cc1ccc2[nH]c(-c3ccc4c(c3)Sc3cc(-c5nc6cc(C(=N)N)ccc6[nH]5)ccc3N4)nc2c1. The molecule has 0 saturated heterocycles. The molecule has 9 heteroatoms. The lowest BCUT2D eigenvalue weighted by Gasteiger charge is -2.21. The highest BCUT2D eigenvalue weighted by atomic mass is 32.2. The minimum atomic E-state index is 0.0273. The summed E-state index contributed by atoms with van der Waals surface area (Å²) in [4.78, 5) is 18.5. The summed E-state index contributed by atoms with van der Waals surface area (Å²) in [6.45, 7) is 0. The van der Waals surface area contributed by atoms with Gasteiger partial charge in [-0.2, -0.15) is 0 Å². The van der Waals surface area contributed by atoms with E-state index in [1.807, 2.05) is 42.5 Å². The second kappa shape index (κ2) is 8.07. The van der Waals surface area contributed by atoms with Crippen LogP contribution in [0.15, 0.2) is 82.6 Å². The molecule has 178 valence electrons. The first-order chi connectivity index (χ1) is 18.0.